The Morgan fingerprint density at radius 2 is 2.47 bits per heavy atom. The second-order valence-corrected chi connectivity index (χ2v) is 4.68. The summed E-state index contributed by atoms with van der Waals surface area (Å²) >= 11 is 1.65. The van der Waals surface area contributed by atoms with E-state index in [1.165, 1.54) is 0 Å². The molecule has 0 unspecified atom stereocenters. The number of hydrogen-bond donors (Lipinski definition) is 1. The van der Waals surface area contributed by atoms with E-state index in [1.807, 2.05) is 0 Å². The van der Waals surface area contributed by atoms with Gasteiger partial charge in [0.1, 0.15) is 0 Å². The second-order valence-electron chi connectivity index (χ2n) is 3.84. The van der Waals surface area contributed by atoms with Crippen molar-refractivity contribution in [3.8, 4) is 0 Å². The number of thiazole rings is 1. The van der Waals surface area contributed by atoms with Crippen LogP contribution in [0.1, 0.15) is 19.0 Å². The number of carbonyl (C=O) groups is 1. The SMILES string of the molecule is CCc1csc(N2CC(CC(=O)O)C2)n1. The van der Waals surface area contributed by atoms with Crippen molar-refractivity contribution in [2.45, 2.75) is 19.8 Å². The Morgan fingerprint density at radius 3 is 3.00 bits per heavy atom. The van der Waals surface area contributed by atoms with Gasteiger partial charge >= 0.3 is 5.97 Å². The molecule has 1 aromatic rings. The summed E-state index contributed by atoms with van der Waals surface area (Å²) in [6, 6.07) is 0. The number of hydrogen-bond acceptors (Lipinski definition) is 4. The van der Waals surface area contributed by atoms with E-state index in [0.29, 0.717) is 5.92 Å². The van der Waals surface area contributed by atoms with Gasteiger partial charge in [0, 0.05) is 24.4 Å². The molecule has 4 nitrogen and oxygen atoms in total. The summed E-state index contributed by atoms with van der Waals surface area (Å²) in [7, 11) is 0. The largest absolute Gasteiger partial charge is 0.481 e. The first kappa shape index (κ1) is 10.4. The molecule has 0 saturated carbocycles. The average Bonchev–Trinajstić information content (AvgIpc) is 2.58. The first-order valence-corrected chi connectivity index (χ1v) is 5.98. The van der Waals surface area contributed by atoms with Crippen LogP contribution in [-0.4, -0.2) is 29.1 Å². The van der Waals surface area contributed by atoms with Crippen molar-refractivity contribution < 1.29 is 9.90 Å². The first-order chi connectivity index (χ1) is 7.19. The van der Waals surface area contributed by atoms with Gasteiger partial charge in [0.25, 0.3) is 0 Å². The Labute approximate surface area is 92.6 Å². The van der Waals surface area contributed by atoms with Crippen LogP contribution in [0.4, 0.5) is 5.13 Å². The van der Waals surface area contributed by atoms with Gasteiger partial charge in [0.2, 0.25) is 0 Å². The van der Waals surface area contributed by atoms with E-state index < -0.39 is 5.97 Å². The van der Waals surface area contributed by atoms with Crippen LogP contribution in [0.15, 0.2) is 5.38 Å². The number of nitrogens with zero attached hydrogens (tertiary/aromatic N) is 2. The van der Waals surface area contributed by atoms with Gasteiger partial charge in [-0.15, -0.1) is 11.3 Å². The van der Waals surface area contributed by atoms with Crippen LogP contribution >= 0.6 is 11.3 Å². The van der Waals surface area contributed by atoms with Crippen molar-refractivity contribution >= 4 is 22.4 Å². The molecular weight excluding hydrogens is 212 g/mol. The van der Waals surface area contributed by atoms with E-state index in [9.17, 15) is 4.79 Å². The minimum Gasteiger partial charge on any atom is -0.481 e. The molecule has 1 aliphatic rings. The lowest BCUT2D eigenvalue weighted by Crippen LogP contribution is -2.47. The molecule has 0 aliphatic carbocycles. The van der Waals surface area contributed by atoms with Crippen LogP contribution in [-0.2, 0) is 11.2 Å². The van der Waals surface area contributed by atoms with Gasteiger partial charge < -0.3 is 10.0 Å². The Hall–Kier alpha value is -1.10. The molecule has 1 fully saturated rings. The summed E-state index contributed by atoms with van der Waals surface area (Å²) in [5.74, 6) is -0.399. The third kappa shape index (κ3) is 2.28. The van der Waals surface area contributed by atoms with Gasteiger partial charge in [-0.2, -0.15) is 0 Å². The van der Waals surface area contributed by atoms with Crippen LogP contribution in [0, 0.1) is 5.92 Å². The Bertz CT molecular complexity index is 358. The summed E-state index contributed by atoms with van der Waals surface area (Å²) < 4.78 is 0. The number of anilines is 1. The number of aliphatic carboxylic acids is 1. The molecule has 0 aromatic carbocycles. The van der Waals surface area contributed by atoms with Crippen molar-refractivity contribution in [1.29, 1.82) is 0 Å². The molecule has 2 heterocycles. The lowest BCUT2D eigenvalue weighted by molar-refractivity contribution is -0.138. The number of carboxylic acid groups (broad SMARTS) is 1. The van der Waals surface area contributed by atoms with Gasteiger partial charge in [-0.25, -0.2) is 4.98 Å². The summed E-state index contributed by atoms with van der Waals surface area (Å²) in [5.41, 5.74) is 1.12. The quantitative estimate of drug-likeness (QED) is 0.847. The van der Waals surface area contributed by atoms with Gasteiger partial charge in [0.15, 0.2) is 5.13 Å². The van der Waals surface area contributed by atoms with Gasteiger partial charge in [0.05, 0.1) is 12.1 Å². The molecule has 1 aromatic heterocycles. The molecule has 2 rings (SSSR count). The molecule has 1 saturated heterocycles. The number of rotatable bonds is 4. The van der Waals surface area contributed by atoms with E-state index in [0.717, 1.165) is 30.3 Å². The van der Waals surface area contributed by atoms with E-state index in [2.05, 4.69) is 22.2 Å². The molecule has 1 aliphatic heterocycles. The lowest BCUT2D eigenvalue weighted by Gasteiger charge is -2.38. The Balaban J connectivity index is 1.86. The maximum atomic E-state index is 10.5. The fraction of sp³-hybridized carbons (Fsp3) is 0.600. The summed E-state index contributed by atoms with van der Waals surface area (Å²) in [4.78, 5) is 17.1. The standard InChI is InChI=1S/C10H14N2O2S/c1-2-8-6-15-10(11-8)12-4-7(5-12)3-9(13)14/h6-7H,2-5H2,1H3,(H,13,14). The molecule has 0 atom stereocenters. The molecule has 0 amide bonds. The fourth-order valence-electron chi connectivity index (χ4n) is 1.71. The topological polar surface area (TPSA) is 53.4 Å². The predicted molar refractivity (Wildman–Crippen MR) is 59.4 cm³/mol. The number of carboxylic acids is 1. The molecule has 5 heteroatoms. The molecule has 1 N–H and O–H groups in total. The van der Waals surface area contributed by atoms with Crippen LogP contribution in [0.25, 0.3) is 0 Å². The van der Waals surface area contributed by atoms with Gasteiger partial charge in [-0.3, -0.25) is 4.79 Å². The van der Waals surface area contributed by atoms with E-state index in [1.54, 1.807) is 11.3 Å². The average molecular weight is 226 g/mol. The zero-order chi connectivity index (χ0) is 10.8. The Morgan fingerprint density at radius 1 is 1.73 bits per heavy atom. The van der Waals surface area contributed by atoms with Gasteiger partial charge in [-0.1, -0.05) is 6.92 Å². The molecule has 82 valence electrons. The highest BCUT2D eigenvalue weighted by Gasteiger charge is 2.30. The predicted octanol–water partition coefficient (Wildman–Crippen LogP) is 1.62. The van der Waals surface area contributed by atoms with E-state index >= 15 is 0 Å². The van der Waals surface area contributed by atoms with E-state index in [-0.39, 0.29) is 6.42 Å². The van der Waals surface area contributed by atoms with Crippen LogP contribution in [0.3, 0.4) is 0 Å². The normalized spacial score (nSPS) is 16.5. The zero-order valence-electron chi connectivity index (χ0n) is 8.64. The number of aromatic nitrogens is 1. The van der Waals surface area contributed by atoms with Crippen molar-refractivity contribution in [2.75, 3.05) is 18.0 Å². The van der Waals surface area contributed by atoms with Crippen molar-refractivity contribution in [3.63, 3.8) is 0 Å². The monoisotopic (exact) mass is 226 g/mol. The maximum absolute atomic E-state index is 10.5. The zero-order valence-corrected chi connectivity index (χ0v) is 9.46. The van der Waals surface area contributed by atoms with Crippen LogP contribution < -0.4 is 4.90 Å². The summed E-state index contributed by atoms with van der Waals surface area (Å²) in [6.45, 7) is 3.76. The second kappa shape index (κ2) is 4.18. The molecule has 0 spiro atoms. The molecule has 15 heavy (non-hydrogen) atoms. The minimum absolute atomic E-state index is 0.280. The smallest absolute Gasteiger partial charge is 0.303 e. The maximum Gasteiger partial charge on any atom is 0.303 e. The lowest BCUT2D eigenvalue weighted by atomic mass is 9.97. The Kier molecular flexibility index (Phi) is 2.90. The highest BCUT2D eigenvalue weighted by Crippen LogP contribution is 2.29. The van der Waals surface area contributed by atoms with Crippen LogP contribution in [0.5, 0.6) is 0 Å². The molecular formula is C10H14N2O2S. The summed E-state index contributed by atoms with van der Waals surface area (Å²) in [6.07, 6.45) is 1.24. The first-order valence-electron chi connectivity index (χ1n) is 5.10. The minimum atomic E-state index is -0.701. The summed E-state index contributed by atoms with van der Waals surface area (Å²) in [5, 5.41) is 11.7. The van der Waals surface area contributed by atoms with Crippen molar-refractivity contribution in [1.82, 2.24) is 4.98 Å². The van der Waals surface area contributed by atoms with Gasteiger partial charge in [-0.05, 0) is 6.42 Å². The highest BCUT2D eigenvalue weighted by molar-refractivity contribution is 7.13. The third-order valence-electron chi connectivity index (χ3n) is 2.59. The van der Waals surface area contributed by atoms with Crippen molar-refractivity contribution in [2.24, 2.45) is 5.92 Å². The van der Waals surface area contributed by atoms with E-state index in [4.69, 9.17) is 5.11 Å². The highest BCUT2D eigenvalue weighted by atomic mass is 32.1. The van der Waals surface area contributed by atoms with Crippen molar-refractivity contribution in [3.05, 3.63) is 11.1 Å². The fourth-order valence-corrected chi connectivity index (χ4v) is 2.63. The molecule has 0 bridgehead atoms. The third-order valence-corrected chi connectivity index (χ3v) is 3.54. The molecule has 0 radical (unpaired) electrons. The number of aryl methyl sites for hydroxylation is 1. The van der Waals surface area contributed by atoms with Crippen LogP contribution in [0.2, 0.25) is 0 Å².